The molecule has 0 aliphatic rings. The third kappa shape index (κ3) is 4.30. The molecule has 0 bridgehead atoms. The van der Waals surface area contributed by atoms with Crippen molar-refractivity contribution in [2.45, 2.75) is 0 Å². The summed E-state index contributed by atoms with van der Waals surface area (Å²) in [7, 11) is 1.65. The highest BCUT2D eigenvalue weighted by molar-refractivity contribution is 6.33. The van der Waals surface area contributed by atoms with Gasteiger partial charge in [0.25, 0.3) is 5.91 Å². The lowest BCUT2D eigenvalue weighted by Gasteiger charge is -2.08. The molecule has 0 spiro atoms. The van der Waals surface area contributed by atoms with Gasteiger partial charge in [-0.3, -0.25) is 9.89 Å². The molecule has 1 aromatic heterocycles. The number of rotatable bonds is 8. The second-order valence-corrected chi connectivity index (χ2v) is 5.04. The number of hydrogen-bond donors (Lipinski definition) is 3. The number of carbonyl (C=O) groups excluding carboxylic acids is 1. The number of nitrogens with one attached hydrogen (secondary N) is 3. The van der Waals surface area contributed by atoms with Crippen LogP contribution in [0.15, 0.2) is 30.5 Å². The number of H-pyrrole nitrogens is 1. The van der Waals surface area contributed by atoms with Crippen LogP contribution >= 0.6 is 11.6 Å². The highest BCUT2D eigenvalue weighted by atomic mass is 35.5. The van der Waals surface area contributed by atoms with Crippen molar-refractivity contribution < 1.29 is 9.53 Å². The number of nitrogens with zero attached hydrogens (tertiary/aromatic N) is 1. The van der Waals surface area contributed by atoms with Crippen LogP contribution in [0.2, 0.25) is 5.02 Å². The summed E-state index contributed by atoms with van der Waals surface area (Å²) in [6.45, 7) is 2.60. The smallest absolute Gasteiger partial charge is 0.255 e. The third-order valence-corrected chi connectivity index (χ3v) is 3.43. The molecule has 0 radical (unpaired) electrons. The first kappa shape index (κ1) is 16.5. The van der Waals surface area contributed by atoms with Gasteiger partial charge in [-0.15, -0.1) is 0 Å². The SMILES string of the molecule is COCCNCCNC(=O)c1cn[nH]c1-c1ccccc1Cl. The minimum Gasteiger partial charge on any atom is -0.383 e. The first-order valence-electron chi connectivity index (χ1n) is 7.00. The summed E-state index contributed by atoms with van der Waals surface area (Å²) in [4.78, 5) is 12.2. The number of amides is 1. The third-order valence-electron chi connectivity index (χ3n) is 3.10. The first-order valence-corrected chi connectivity index (χ1v) is 7.38. The molecule has 0 unspecified atom stereocenters. The summed E-state index contributed by atoms with van der Waals surface area (Å²) in [6.07, 6.45) is 1.51. The number of methoxy groups -OCH3 is 1. The molecule has 2 aromatic rings. The molecule has 0 saturated carbocycles. The molecule has 6 nitrogen and oxygen atoms in total. The van der Waals surface area contributed by atoms with Crippen LogP contribution < -0.4 is 10.6 Å². The van der Waals surface area contributed by atoms with E-state index in [1.807, 2.05) is 18.2 Å². The molecule has 2 rings (SSSR count). The van der Waals surface area contributed by atoms with E-state index in [0.29, 0.717) is 36.0 Å². The highest BCUT2D eigenvalue weighted by Gasteiger charge is 2.16. The lowest BCUT2D eigenvalue weighted by molar-refractivity contribution is 0.0954. The zero-order valence-corrected chi connectivity index (χ0v) is 13.1. The normalized spacial score (nSPS) is 10.6. The minimum atomic E-state index is -0.183. The Labute approximate surface area is 134 Å². The van der Waals surface area contributed by atoms with E-state index < -0.39 is 0 Å². The van der Waals surface area contributed by atoms with Crippen molar-refractivity contribution in [1.82, 2.24) is 20.8 Å². The van der Waals surface area contributed by atoms with Gasteiger partial charge in [0.15, 0.2) is 0 Å². The summed E-state index contributed by atoms with van der Waals surface area (Å²) < 4.78 is 4.93. The summed E-state index contributed by atoms with van der Waals surface area (Å²) in [5.41, 5.74) is 1.85. The molecule has 1 aromatic carbocycles. The van der Waals surface area contributed by atoms with Gasteiger partial charge in [0.1, 0.15) is 0 Å². The maximum atomic E-state index is 12.2. The first-order chi connectivity index (χ1) is 10.7. The molecule has 0 aliphatic heterocycles. The van der Waals surface area contributed by atoms with Crippen molar-refractivity contribution in [1.29, 1.82) is 0 Å². The molecule has 0 atom stereocenters. The van der Waals surface area contributed by atoms with E-state index in [1.54, 1.807) is 13.2 Å². The van der Waals surface area contributed by atoms with Crippen molar-refractivity contribution in [2.24, 2.45) is 0 Å². The number of aromatic nitrogens is 2. The van der Waals surface area contributed by atoms with E-state index >= 15 is 0 Å². The average Bonchev–Trinajstić information content (AvgIpc) is 3.00. The molecule has 118 valence electrons. The molecule has 1 heterocycles. The van der Waals surface area contributed by atoms with Crippen LogP contribution in [0.1, 0.15) is 10.4 Å². The average molecular weight is 323 g/mol. The molecular formula is C15H19ClN4O2. The lowest BCUT2D eigenvalue weighted by Crippen LogP contribution is -2.33. The number of benzene rings is 1. The molecule has 0 aliphatic carbocycles. The predicted molar refractivity (Wildman–Crippen MR) is 86.1 cm³/mol. The van der Waals surface area contributed by atoms with Crippen LogP contribution in [-0.4, -0.2) is 49.5 Å². The van der Waals surface area contributed by atoms with Crippen LogP contribution in [0.3, 0.4) is 0 Å². The molecule has 1 amide bonds. The van der Waals surface area contributed by atoms with Crippen molar-refractivity contribution in [2.75, 3.05) is 33.4 Å². The number of ether oxygens (including phenoxy) is 1. The number of aromatic amines is 1. The Morgan fingerprint density at radius 2 is 2.14 bits per heavy atom. The Balaban J connectivity index is 1.95. The zero-order chi connectivity index (χ0) is 15.8. The molecule has 22 heavy (non-hydrogen) atoms. The summed E-state index contributed by atoms with van der Waals surface area (Å²) in [5, 5.41) is 13.4. The van der Waals surface area contributed by atoms with Gasteiger partial charge in [0, 0.05) is 37.3 Å². The fraction of sp³-hybridized carbons (Fsp3) is 0.333. The van der Waals surface area contributed by atoms with Gasteiger partial charge in [0.05, 0.1) is 24.1 Å². The van der Waals surface area contributed by atoms with Crippen LogP contribution in [0.25, 0.3) is 11.3 Å². The van der Waals surface area contributed by atoms with E-state index in [-0.39, 0.29) is 5.91 Å². The molecule has 3 N–H and O–H groups in total. The van der Waals surface area contributed by atoms with Crippen LogP contribution in [0.4, 0.5) is 0 Å². The quantitative estimate of drug-likeness (QED) is 0.646. The van der Waals surface area contributed by atoms with E-state index in [0.717, 1.165) is 12.1 Å². The maximum absolute atomic E-state index is 12.2. The van der Waals surface area contributed by atoms with Crippen molar-refractivity contribution >= 4 is 17.5 Å². The maximum Gasteiger partial charge on any atom is 0.255 e. The minimum absolute atomic E-state index is 0.183. The Kier molecular flexibility index (Phi) is 6.39. The molecular weight excluding hydrogens is 304 g/mol. The summed E-state index contributed by atoms with van der Waals surface area (Å²) >= 11 is 6.17. The second-order valence-electron chi connectivity index (χ2n) is 4.64. The number of halogens is 1. The fourth-order valence-electron chi connectivity index (χ4n) is 1.99. The van der Waals surface area contributed by atoms with E-state index in [1.165, 1.54) is 6.20 Å². The highest BCUT2D eigenvalue weighted by Crippen LogP contribution is 2.28. The fourth-order valence-corrected chi connectivity index (χ4v) is 2.22. The van der Waals surface area contributed by atoms with Crippen LogP contribution in [0, 0.1) is 0 Å². The van der Waals surface area contributed by atoms with Gasteiger partial charge in [0.2, 0.25) is 0 Å². The molecule has 0 fully saturated rings. The zero-order valence-electron chi connectivity index (χ0n) is 12.4. The molecule has 0 saturated heterocycles. The van der Waals surface area contributed by atoms with E-state index in [4.69, 9.17) is 16.3 Å². The van der Waals surface area contributed by atoms with Crippen LogP contribution in [-0.2, 0) is 4.74 Å². The van der Waals surface area contributed by atoms with Crippen molar-refractivity contribution in [3.05, 3.63) is 41.0 Å². The van der Waals surface area contributed by atoms with Gasteiger partial charge >= 0.3 is 0 Å². The Hall–Kier alpha value is -1.89. The van der Waals surface area contributed by atoms with Gasteiger partial charge < -0.3 is 15.4 Å². The van der Waals surface area contributed by atoms with Gasteiger partial charge in [-0.2, -0.15) is 5.10 Å². The Bertz CT molecular complexity index is 615. The Morgan fingerprint density at radius 1 is 1.32 bits per heavy atom. The lowest BCUT2D eigenvalue weighted by atomic mass is 10.1. The van der Waals surface area contributed by atoms with Gasteiger partial charge in [-0.05, 0) is 6.07 Å². The largest absolute Gasteiger partial charge is 0.383 e. The van der Waals surface area contributed by atoms with Gasteiger partial charge in [-0.25, -0.2) is 0 Å². The molecule has 7 heteroatoms. The number of carbonyl (C=O) groups is 1. The Morgan fingerprint density at radius 3 is 2.91 bits per heavy atom. The van der Waals surface area contributed by atoms with E-state index in [2.05, 4.69) is 20.8 Å². The van der Waals surface area contributed by atoms with Gasteiger partial charge in [-0.1, -0.05) is 29.8 Å². The second kappa shape index (κ2) is 8.53. The monoisotopic (exact) mass is 322 g/mol. The predicted octanol–water partition coefficient (Wildman–Crippen LogP) is 1.70. The standard InChI is InChI=1S/C15H19ClN4O2/c1-22-9-8-17-6-7-18-15(21)12-10-19-20-14(12)11-4-2-3-5-13(11)16/h2-5,10,17H,6-9H2,1H3,(H,18,21)(H,19,20). The topological polar surface area (TPSA) is 79.0 Å². The summed E-state index contributed by atoms with van der Waals surface area (Å²) in [6, 6.07) is 7.33. The van der Waals surface area contributed by atoms with Crippen LogP contribution in [0.5, 0.6) is 0 Å². The van der Waals surface area contributed by atoms with Crippen molar-refractivity contribution in [3.63, 3.8) is 0 Å². The van der Waals surface area contributed by atoms with Crippen molar-refractivity contribution in [3.8, 4) is 11.3 Å². The summed E-state index contributed by atoms with van der Waals surface area (Å²) in [5.74, 6) is -0.183. The number of hydrogen-bond acceptors (Lipinski definition) is 4. The van der Waals surface area contributed by atoms with E-state index in [9.17, 15) is 4.79 Å².